The van der Waals surface area contributed by atoms with Gasteiger partial charge in [0.15, 0.2) is 0 Å². The van der Waals surface area contributed by atoms with Crippen molar-refractivity contribution in [3.63, 3.8) is 0 Å². The van der Waals surface area contributed by atoms with Gasteiger partial charge in [0, 0.05) is 6.54 Å². The molecular formula is C15H20N2O. The molecule has 1 saturated carbocycles. The second-order valence-corrected chi connectivity index (χ2v) is 5.89. The molecule has 1 saturated heterocycles. The highest BCUT2D eigenvalue weighted by Gasteiger charge is 2.52. The van der Waals surface area contributed by atoms with E-state index in [1.165, 1.54) is 0 Å². The lowest BCUT2D eigenvalue weighted by Gasteiger charge is -2.27. The monoisotopic (exact) mass is 244 g/mol. The molecule has 18 heavy (non-hydrogen) atoms. The van der Waals surface area contributed by atoms with Crippen LogP contribution >= 0.6 is 0 Å². The number of hydrogen-bond acceptors (Lipinski definition) is 2. The van der Waals surface area contributed by atoms with Crippen LogP contribution in [0.2, 0.25) is 0 Å². The van der Waals surface area contributed by atoms with E-state index in [2.05, 4.69) is 29.7 Å². The maximum Gasteiger partial charge on any atom is 0.231 e. The lowest BCUT2D eigenvalue weighted by Crippen LogP contribution is -2.51. The van der Waals surface area contributed by atoms with E-state index in [-0.39, 0.29) is 16.9 Å². The van der Waals surface area contributed by atoms with Crippen molar-refractivity contribution in [2.24, 2.45) is 0 Å². The maximum absolute atomic E-state index is 12.6. The van der Waals surface area contributed by atoms with Crippen LogP contribution in [0.3, 0.4) is 0 Å². The summed E-state index contributed by atoms with van der Waals surface area (Å²) in [5.74, 6) is 0.208. The largest absolute Gasteiger partial charge is 0.349 e. The maximum atomic E-state index is 12.6. The molecule has 1 amide bonds. The Morgan fingerprint density at radius 3 is 2.50 bits per heavy atom. The number of nitrogens with one attached hydrogen (secondary N) is 2. The zero-order valence-electron chi connectivity index (χ0n) is 10.8. The van der Waals surface area contributed by atoms with Crippen molar-refractivity contribution in [3.05, 3.63) is 35.9 Å². The Morgan fingerprint density at radius 2 is 1.94 bits per heavy atom. The summed E-state index contributed by atoms with van der Waals surface area (Å²) in [4.78, 5) is 12.6. The Morgan fingerprint density at radius 1 is 1.22 bits per heavy atom. The van der Waals surface area contributed by atoms with Gasteiger partial charge in [-0.2, -0.15) is 0 Å². The lowest BCUT2D eigenvalue weighted by atomic mass is 9.92. The van der Waals surface area contributed by atoms with Crippen LogP contribution in [-0.2, 0) is 10.2 Å². The van der Waals surface area contributed by atoms with E-state index < -0.39 is 0 Å². The number of benzene rings is 1. The van der Waals surface area contributed by atoms with E-state index in [4.69, 9.17) is 0 Å². The van der Waals surface area contributed by atoms with Gasteiger partial charge >= 0.3 is 0 Å². The summed E-state index contributed by atoms with van der Waals surface area (Å²) in [5, 5.41) is 6.57. The Balaban J connectivity index is 1.77. The number of amides is 1. The number of carbonyl (C=O) groups excluding carboxylic acids is 1. The van der Waals surface area contributed by atoms with Crippen molar-refractivity contribution >= 4 is 5.91 Å². The molecule has 0 spiro atoms. The lowest BCUT2D eigenvalue weighted by molar-refractivity contribution is -0.125. The molecule has 2 N–H and O–H groups in total. The van der Waals surface area contributed by atoms with Gasteiger partial charge in [-0.1, -0.05) is 30.3 Å². The summed E-state index contributed by atoms with van der Waals surface area (Å²) >= 11 is 0. The first kappa shape index (κ1) is 11.7. The summed E-state index contributed by atoms with van der Waals surface area (Å²) < 4.78 is 0. The van der Waals surface area contributed by atoms with Gasteiger partial charge in [0.25, 0.3) is 0 Å². The number of carbonyl (C=O) groups is 1. The van der Waals surface area contributed by atoms with E-state index in [0.29, 0.717) is 0 Å². The van der Waals surface area contributed by atoms with E-state index in [9.17, 15) is 4.79 Å². The van der Waals surface area contributed by atoms with Crippen molar-refractivity contribution in [2.75, 3.05) is 13.1 Å². The molecule has 96 valence electrons. The standard InChI is InChI=1S/C15H20N2O/c1-14(9-10-16-11-14)17-13(18)15(7-8-15)12-5-3-2-4-6-12/h2-6,16H,7-11H2,1H3,(H,17,18). The molecule has 1 heterocycles. The van der Waals surface area contributed by atoms with Crippen molar-refractivity contribution in [2.45, 2.75) is 37.1 Å². The van der Waals surface area contributed by atoms with Gasteiger partial charge < -0.3 is 10.6 Å². The summed E-state index contributed by atoms with van der Waals surface area (Å²) in [6.45, 7) is 4.00. The SMILES string of the molecule is CC1(NC(=O)C2(c3ccccc3)CC2)CCNC1. The predicted octanol–water partition coefficient (Wildman–Crippen LogP) is 1.59. The van der Waals surface area contributed by atoms with Crippen LogP contribution in [0.4, 0.5) is 0 Å². The molecule has 1 atom stereocenters. The van der Waals surface area contributed by atoms with Gasteiger partial charge in [-0.25, -0.2) is 0 Å². The van der Waals surface area contributed by atoms with Gasteiger partial charge in [0.2, 0.25) is 5.91 Å². The van der Waals surface area contributed by atoms with Crippen LogP contribution in [0.15, 0.2) is 30.3 Å². The predicted molar refractivity (Wildman–Crippen MR) is 71.4 cm³/mol. The molecular weight excluding hydrogens is 224 g/mol. The molecule has 1 aromatic rings. The molecule has 3 heteroatoms. The third kappa shape index (κ3) is 1.93. The molecule has 1 aromatic carbocycles. The van der Waals surface area contributed by atoms with Crippen molar-refractivity contribution in [1.29, 1.82) is 0 Å². The Bertz CT molecular complexity index is 445. The highest BCUT2D eigenvalue weighted by Crippen LogP contribution is 2.48. The summed E-state index contributed by atoms with van der Waals surface area (Å²) in [5.41, 5.74) is 0.853. The first-order chi connectivity index (χ1) is 8.65. The van der Waals surface area contributed by atoms with E-state index in [1.807, 2.05) is 18.2 Å². The van der Waals surface area contributed by atoms with E-state index in [1.54, 1.807) is 0 Å². The van der Waals surface area contributed by atoms with Gasteiger partial charge in [-0.05, 0) is 38.3 Å². The third-order valence-electron chi connectivity index (χ3n) is 4.30. The minimum Gasteiger partial charge on any atom is -0.349 e. The first-order valence-corrected chi connectivity index (χ1v) is 6.74. The summed E-state index contributed by atoms with van der Waals surface area (Å²) in [7, 11) is 0. The van der Waals surface area contributed by atoms with Gasteiger partial charge in [-0.15, -0.1) is 0 Å². The second kappa shape index (κ2) is 4.09. The fourth-order valence-corrected chi connectivity index (χ4v) is 2.85. The summed E-state index contributed by atoms with van der Waals surface area (Å²) in [6.07, 6.45) is 2.97. The Kier molecular flexibility index (Phi) is 2.67. The fraction of sp³-hybridized carbons (Fsp3) is 0.533. The quantitative estimate of drug-likeness (QED) is 0.847. The molecule has 1 aliphatic carbocycles. The second-order valence-electron chi connectivity index (χ2n) is 5.89. The topological polar surface area (TPSA) is 41.1 Å². The van der Waals surface area contributed by atoms with E-state index in [0.717, 1.165) is 37.9 Å². The van der Waals surface area contributed by atoms with Crippen LogP contribution in [0.5, 0.6) is 0 Å². The molecule has 1 unspecified atom stereocenters. The minimum absolute atomic E-state index is 0.0680. The van der Waals surface area contributed by atoms with E-state index >= 15 is 0 Å². The molecule has 3 nitrogen and oxygen atoms in total. The van der Waals surface area contributed by atoms with Crippen LogP contribution in [0.25, 0.3) is 0 Å². The zero-order chi connectivity index (χ0) is 12.6. The molecule has 0 radical (unpaired) electrons. The van der Waals surface area contributed by atoms with Gasteiger partial charge in [-0.3, -0.25) is 4.79 Å². The zero-order valence-corrected chi connectivity index (χ0v) is 10.8. The molecule has 2 aliphatic rings. The Labute approximate surface area is 108 Å². The molecule has 0 bridgehead atoms. The minimum atomic E-state index is -0.243. The Hall–Kier alpha value is -1.35. The number of rotatable bonds is 3. The molecule has 2 fully saturated rings. The van der Waals surface area contributed by atoms with Crippen LogP contribution in [-0.4, -0.2) is 24.5 Å². The molecule has 3 rings (SSSR count). The normalized spacial score (nSPS) is 28.9. The van der Waals surface area contributed by atoms with Crippen LogP contribution in [0.1, 0.15) is 31.7 Å². The highest BCUT2D eigenvalue weighted by molar-refractivity contribution is 5.91. The molecule has 0 aromatic heterocycles. The van der Waals surface area contributed by atoms with Gasteiger partial charge in [0.1, 0.15) is 0 Å². The van der Waals surface area contributed by atoms with Crippen molar-refractivity contribution < 1.29 is 4.79 Å². The third-order valence-corrected chi connectivity index (χ3v) is 4.30. The fourth-order valence-electron chi connectivity index (χ4n) is 2.85. The first-order valence-electron chi connectivity index (χ1n) is 6.74. The van der Waals surface area contributed by atoms with Crippen molar-refractivity contribution in [1.82, 2.24) is 10.6 Å². The average Bonchev–Trinajstić information content (AvgIpc) is 3.09. The smallest absolute Gasteiger partial charge is 0.231 e. The van der Waals surface area contributed by atoms with Crippen molar-refractivity contribution in [3.8, 4) is 0 Å². The highest BCUT2D eigenvalue weighted by atomic mass is 16.2. The summed E-state index contributed by atoms with van der Waals surface area (Å²) in [6, 6.07) is 10.2. The van der Waals surface area contributed by atoms with Crippen LogP contribution in [0, 0.1) is 0 Å². The number of hydrogen-bond donors (Lipinski definition) is 2. The van der Waals surface area contributed by atoms with Gasteiger partial charge in [0.05, 0.1) is 11.0 Å². The van der Waals surface area contributed by atoms with Crippen LogP contribution < -0.4 is 10.6 Å². The average molecular weight is 244 g/mol. The molecule has 1 aliphatic heterocycles.